The summed E-state index contributed by atoms with van der Waals surface area (Å²) in [5, 5.41) is 5.25. The van der Waals surface area contributed by atoms with Gasteiger partial charge in [-0.25, -0.2) is 0 Å². The van der Waals surface area contributed by atoms with Gasteiger partial charge in [0.15, 0.2) is 0 Å². The highest BCUT2D eigenvalue weighted by atomic mass is 16.3. The first-order valence-corrected chi connectivity index (χ1v) is 31.7. The van der Waals surface area contributed by atoms with Gasteiger partial charge in [0.25, 0.3) is 0 Å². The van der Waals surface area contributed by atoms with Gasteiger partial charge < -0.3 is 27.9 Å². The Labute approximate surface area is 524 Å². The minimum absolute atomic E-state index is 0.0136. The molecule has 15 rings (SSSR count). The number of anilines is 8. The van der Waals surface area contributed by atoms with E-state index in [2.05, 4.69) is 319 Å². The van der Waals surface area contributed by atoms with Gasteiger partial charge in [-0.2, -0.15) is 0 Å². The average Bonchev–Trinajstić information content (AvgIpc) is 1.67. The minimum Gasteiger partial charge on any atom is -0.466 e. The van der Waals surface area contributed by atoms with Crippen LogP contribution in [0.2, 0.25) is 0 Å². The van der Waals surface area contributed by atoms with E-state index in [9.17, 15) is 0 Å². The lowest BCUT2D eigenvalue weighted by atomic mass is 9.45. The van der Waals surface area contributed by atoms with E-state index >= 15 is 0 Å². The van der Waals surface area contributed by atoms with Crippen molar-refractivity contribution in [2.45, 2.75) is 131 Å². The van der Waals surface area contributed by atoms with E-state index in [0.717, 1.165) is 134 Å². The lowest BCUT2D eigenvalue weighted by Crippen LogP contribution is -2.61. The number of furan rings is 3. The summed E-state index contributed by atoms with van der Waals surface area (Å²) in [7, 11) is 0. The maximum Gasteiger partial charge on any atom is 0.376 e. The van der Waals surface area contributed by atoms with Gasteiger partial charge in [0.1, 0.15) is 33.6 Å². The molecule has 0 amide bonds. The van der Waals surface area contributed by atoms with Crippen molar-refractivity contribution in [1.82, 2.24) is 0 Å². The van der Waals surface area contributed by atoms with Crippen LogP contribution in [0.1, 0.15) is 132 Å². The van der Waals surface area contributed by atoms with Crippen LogP contribution in [0.15, 0.2) is 213 Å². The van der Waals surface area contributed by atoms with Gasteiger partial charge >= 0.3 is 6.85 Å². The molecule has 5 heterocycles. The number of para-hydroxylation sites is 1. The van der Waals surface area contributed by atoms with Gasteiger partial charge in [-0.1, -0.05) is 201 Å². The van der Waals surface area contributed by atoms with Crippen molar-refractivity contribution < 1.29 is 13.3 Å². The van der Waals surface area contributed by atoms with Crippen LogP contribution < -0.4 is 25.7 Å². The Morgan fingerprint density at radius 2 is 0.876 bits per heavy atom. The summed E-state index contributed by atoms with van der Waals surface area (Å²) in [6, 6.07) is 74.6. The third-order valence-corrected chi connectivity index (χ3v) is 19.0. The molecule has 6 nitrogen and oxygen atoms in total. The van der Waals surface area contributed by atoms with E-state index in [1.54, 1.807) is 0 Å². The standard InChI is InChI=1S/C82H78BN3O3/c1-78(2,3)50-25-33-55(34-26-50)84(56-35-27-51(28-36-56)79(4,5)6)58-39-40-60-62-46-64-67(48-72(62)87-71(60)45-58)86(57-37-29-52(30-38-57)80(7,8)9)83-74-68(47-63-59-23-19-20-24-69(59)88-76(63)73(64)74)85(75-65-44-54(82(13,14)15)32-42-70(65)89-77(75)83)66-41-31-53(81(10,11)12)43-61(66)49-21-17-16-18-22-49/h16-48H,1-15H3. The van der Waals surface area contributed by atoms with E-state index < -0.39 is 6.85 Å². The molecule has 2 aliphatic rings. The predicted molar refractivity (Wildman–Crippen MR) is 378 cm³/mol. The molecule has 89 heavy (non-hydrogen) atoms. The van der Waals surface area contributed by atoms with Crippen LogP contribution in [0.25, 0.3) is 77.1 Å². The largest absolute Gasteiger partial charge is 0.466 e. The smallest absolute Gasteiger partial charge is 0.376 e. The summed E-state index contributed by atoms with van der Waals surface area (Å²) in [4.78, 5) is 7.45. The van der Waals surface area contributed by atoms with Crippen LogP contribution in [-0.2, 0) is 27.1 Å². The van der Waals surface area contributed by atoms with Gasteiger partial charge in [0, 0.05) is 89.9 Å². The molecule has 0 fully saturated rings. The number of hydrogen-bond acceptors (Lipinski definition) is 6. The third kappa shape index (κ3) is 9.20. The fraction of sp³-hybridized carbons (Fsp3) is 0.244. The molecule has 10 aromatic carbocycles. The first-order valence-electron chi connectivity index (χ1n) is 31.7. The zero-order valence-corrected chi connectivity index (χ0v) is 54.2. The highest BCUT2D eigenvalue weighted by Gasteiger charge is 2.50. The Hall–Kier alpha value is -9.20. The van der Waals surface area contributed by atoms with Crippen LogP contribution in [0.4, 0.5) is 45.5 Å². The molecule has 7 heteroatoms. The molecule has 0 bridgehead atoms. The second-order valence-electron chi connectivity index (χ2n) is 30.3. The highest BCUT2D eigenvalue weighted by Crippen LogP contribution is 2.55. The lowest BCUT2D eigenvalue weighted by Gasteiger charge is -2.44. The molecule has 0 N–H and O–H groups in total. The van der Waals surface area contributed by atoms with Crippen LogP contribution >= 0.6 is 0 Å². The molecule has 0 atom stereocenters. The lowest BCUT2D eigenvalue weighted by molar-refractivity contribution is 0.590. The van der Waals surface area contributed by atoms with Crippen LogP contribution in [0.3, 0.4) is 0 Å². The highest BCUT2D eigenvalue weighted by molar-refractivity contribution is 6.93. The molecule has 0 unspecified atom stereocenters. The Morgan fingerprint density at radius 1 is 0.348 bits per heavy atom. The first-order chi connectivity index (χ1) is 42.3. The molecule has 0 radical (unpaired) electrons. The van der Waals surface area contributed by atoms with Gasteiger partial charge in [-0.15, -0.1) is 0 Å². The SMILES string of the molecule is CC(C)(C)c1ccc(N2B3c4oc5ccc(C(C)(C)C)cc5c4N(c4ccc(C(C)(C)C)cc4-c4ccccc4)c4cc5c(oc6ccccc65)c(c43)-c3cc4c(cc32)oc2cc(N(c3ccc(C(C)(C)C)cc3)c3ccc(C(C)(C)C)cc3)ccc24)cc1. The van der Waals surface area contributed by atoms with Crippen molar-refractivity contribution >= 4 is 118 Å². The number of rotatable bonds is 6. The Balaban J connectivity index is 1.04. The molecule has 0 spiro atoms. The normalized spacial score (nSPS) is 13.7. The van der Waals surface area contributed by atoms with E-state index in [1.165, 1.54) is 27.8 Å². The van der Waals surface area contributed by atoms with Crippen LogP contribution in [0, 0.1) is 0 Å². The third-order valence-electron chi connectivity index (χ3n) is 19.0. The summed E-state index contributed by atoms with van der Waals surface area (Å²) >= 11 is 0. The Morgan fingerprint density at radius 3 is 1.51 bits per heavy atom. The van der Waals surface area contributed by atoms with Crippen molar-refractivity contribution in [3.8, 4) is 22.3 Å². The summed E-state index contributed by atoms with van der Waals surface area (Å²) in [5.74, 6) is 0. The van der Waals surface area contributed by atoms with E-state index in [4.69, 9.17) is 13.3 Å². The molecular weight excluding hydrogens is 1090 g/mol. The van der Waals surface area contributed by atoms with Crippen LogP contribution in [0.5, 0.6) is 0 Å². The van der Waals surface area contributed by atoms with Crippen molar-refractivity contribution in [2.75, 3.05) is 14.6 Å². The number of hydrogen-bond donors (Lipinski definition) is 0. The van der Waals surface area contributed by atoms with Gasteiger partial charge in [-0.3, -0.25) is 0 Å². The zero-order chi connectivity index (χ0) is 62.0. The quantitative estimate of drug-likeness (QED) is 0.155. The fourth-order valence-corrected chi connectivity index (χ4v) is 13.9. The molecule has 2 aliphatic heterocycles. The van der Waals surface area contributed by atoms with Crippen molar-refractivity contribution in [2.24, 2.45) is 0 Å². The fourth-order valence-electron chi connectivity index (χ4n) is 13.9. The molecule has 0 aliphatic carbocycles. The Bertz CT molecular complexity index is 4910. The van der Waals surface area contributed by atoms with E-state index in [1.807, 2.05) is 0 Å². The zero-order valence-electron chi connectivity index (χ0n) is 54.2. The van der Waals surface area contributed by atoms with Crippen molar-refractivity contribution in [1.29, 1.82) is 0 Å². The second kappa shape index (κ2) is 19.7. The van der Waals surface area contributed by atoms with Gasteiger partial charge in [0.2, 0.25) is 0 Å². The van der Waals surface area contributed by atoms with E-state index in [-0.39, 0.29) is 27.1 Å². The number of fused-ring (bicyclic) bond motifs is 13. The second-order valence-corrected chi connectivity index (χ2v) is 30.3. The minimum atomic E-state index is -0.451. The molecule has 13 aromatic rings. The topological polar surface area (TPSA) is 49.1 Å². The predicted octanol–water partition coefficient (Wildman–Crippen LogP) is 22.6. The summed E-state index contributed by atoms with van der Waals surface area (Å²) < 4.78 is 22.3. The molecule has 3 aromatic heterocycles. The first kappa shape index (κ1) is 56.3. The summed E-state index contributed by atoms with van der Waals surface area (Å²) in [6.07, 6.45) is 0. The van der Waals surface area contributed by atoms with Gasteiger partial charge in [-0.05, 0) is 157 Å². The van der Waals surface area contributed by atoms with Gasteiger partial charge in [0.05, 0.1) is 11.4 Å². The summed E-state index contributed by atoms with van der Waals surface area (Å²) in [6.45, 7) is 33.8. The average molecular weight is 1160 g/mol. The van der Waals surface area contributed by atoms with Crippen molar-refractivity contribution in [3.05, 3.63) is 228 Å². The van der Waals surface area contributed by atoms with Crippen molar-refractivity contribution in [3.63, 3.8) is 0 Å². The molecular formula is C82H78BN3O3. The molecule has 0 saturated heterocycles. The monoisotopic (exact) mass is 1160 g/mol. The molecule has 0 saturated carbocycles. The summed E-state index contributed by atoms with van der Waals surface area (Å²) in [5.41, 5.74) is 25.0. The number of benzene rings is 10. The Kier molecular flexibility index (Phi) is 12.4. The number of nitrogens with zero attached hydrogens (tertiary/aromatic N) is 3. The maximum atomic E-state index is 7.65. The maximum absolute atomic E-state index is 7.65. The van der Waals surface area contributed by atoms with Crippen LogP contribution in [-0.4, -0.2) is 6.85 Å². The van der Waals surface area contributed by atoms with E-state index in [0.29, 0.717) is 0 Å². The molecule has 442 valence electrons.